The quantitative estimate of drug-likeness (QED) is 0.653. The largest absolute Gasteiger partial charge is 0.478 e. The average Bonchev–Trinajstić information content (AvgIpc) is 2.45. The van der Waals surface area contributed by atoms with Crippen molar-refractivity contribution in [3.05, 3.63) is 23.8 Å². The molecule has 2 aromatic rings. The fourth-order valence-corrected chi connectivity index (χ4v) is 2.56. The predicted octanol–water partition coefficient (Wildman–Crippen LogP) is 2.47. The maximum absolute atomic E-state index is 10.7. The molecule has 1 heterocycles. The number of hydrogen-bond acceptors (Lipinski definition) is 4. The van der Waals surface area contributed by atoms with E-state index in [9.17, 15) is 4.79 Å². The Morgan fingerprint density at radius 3 is 2.79 bits per heavy atom. The van der Waals surface area contributed by atoms with Crippen LogP contribution in [0.4, 0.5) is 5.00 Å². The molecule has 3 N–H and O–H groups in total. The zero-order valence-electron chi connectivity index (χ0n) is 7.02. The van der Waals surface area contributed by atoms with Crippen LogP contribution in [0.25, 0.3) is 10.1 Å². The highest BCUT2D eigenvalue weighted by Gasteiger charge is 2.09. The minimum Gasteiger partial charge on any atom is -0.478 e. The Kier molecular flexibility index (Phi) is 2.13. The highest BCUT2D eigenvalue weighted by atomic mass is 32.1. The molecule has 0 radical (unpaired) electrons. The number of aromatic carboxylic acids is 1. The van der Waals surface area contributed by atoms with Gasteiger partial charge in [0.25, 0.3) is 0 Å². The lowest BCUT2D eigenvalue weighted by molar-refractivity contribution is 0.0697. The molecule has 3 nitrogen and oxygen atoms in total. The third kappa shape index (κ3) is 1.44. The van der Waals surface area contributed by atoms with E-state index in [2.05, 4.69) is 12.6 Å². The number of thiophene rings is 1. The van der Waals surface area contributed by atoms with Gasteiger partial charge in [-0.25, -0.2) is 4.79 Å². The summed E-state index contributed by atoms with van der Waals surface area (Å²) in [6, 6.07) is 4.94. The number of fused-ring (bicyclic) bond motifs is 1. The molecule has 5 heteroatoms. The molecule has 0 amide bonds. The number of rotatable bonds is 1. The summed E-state index contributed by atoms with van der Waals surface area (Å²) in [6.07, 6.45) is 0. The van der Waals surface area contributed by atoms with Crippen molar-refractivity contribution in [3.8, 4) is 0 Å². The number of nitrogens with two attached hydrogens (primary N) is 1. The second-order valence-electron chi connectivity index (χ2n) is 2.86. The molecule has 0 spiro atoms. The van der Waals surface area contributed by atoms with Gasteiger partial charge in [-0.2, -0.15) is 0 Å². The summed E-state index contributed by atoms with van der Waals surface area (Å²) in [7, 11) is 0. The smallest absolute Gasteiger partial charge is 0.335 e. The predicted molar refractivity (Wildman–Crippen MR) is 60.4 cm³/mol. The zero-order chi connectivity index (χ0) is 10.3. The molecule has 0 aliphatic carbocycles. The summed E-state index contributed by atoms with van der Waals surface area (Å²) in [4.78, 5) is 11.4. The van der Waals surface area contributed by atoms with E-state index in [0.717, 1.165) is 10.1 Å². The van der Waals surface area contributed by atoms with Gasteiger partial charge >= 0.3 is 5.97 Å². The van der Waals surface area contributed by atoms with E-state index in [1.54, 1.807) is 12.1 Å². The summed E-state index contributed by atoms with van der Waals surface area (Å²) in [5.74, 6) is -0.950. The van der Waals surface area contributed by atoms with Crippen LogP contribution in [-0.2, 0) is 0 Å². The van der Waals surface area contributed by atoms with Crippen LogP contribution in [0.15, 0.2) is 23.1 Å². The van der Waals surface area contributed by atoms with Gasteiger partial charge in [0.1, 0.15) is 0 Å². The zero-order valence-corrected chi connectivity index (χ0v) is 8.73. The molecule has 1 aromatic heterocycles. The van der Waals surface area contributed by atoms with E-state index in [4.69, 9.17) is 10.8 Å². The molecular weight excluding hydrogens is 218 g/mol. The number of benzene rings is 1. The monoisotopic (exact) mass is 225 g/mol. The van der Waals surface area contributed by atoms with Gasteiger partial charge in [0.2, 0.25) is 0 Å². The van der Waals surface area contributed by atoms with Crippen molar-refractivity contribution in [1.82, 2.24) is 0 Å². The number of carboxylic acid groups (broad SMARTS) is 1. The number of carbonyl (C=O) groups is 1. The lowest BCUT2D eigenvalue weighted by atomic mass is 10.2. The molecule has 0 unspecified atom stereocenters. The Morgan fingerprint density at radius 1 is 1.43 bits per heavy atom. The molecule has 0 fully saturated rings. The van der Waals surface area contributed by atoms with E-state index in [-0.39, 0.29) is 5.56 Å². The minimum absolute atomic E-state index is 0.240. The van der Waals surface area contributed by atoms with Crippen LogP contribution in [-0.4, -0.2) is 11.1 Å². The van der Waals surface area contributed by atoms with Crippen molar-refractivity contribution < 1.29 is 9.90 Å². The van der Waals surface area contributed by atoms with Gasteiger partial charge in [-0.1, -0.05) is 0 Å². The van der Waals surface area contributed by atoms with Crippen LogP contribution in [0.2, 0.25) is 0 Å². The van der Waals surface area contributed by atoms with Crippen LogP contribution in [0.1, 0.15) is 10.4 Å². The van der Waals surface area contributed by atoms with Crippen LogP contribution >= 0.6 is 24.0 Å². The highest BCUT2D eigenvalue weighted by molar-refractivity contribution is 7.80. The topological polar surface area (TPSA) is 63.3 Å². The number of carboxylic acids is 1. The lowest BCUT2D eigenvalue weighted by Crippen LogP contribution is -1.95. The Morgan fingerprint density at radius 2 is 2.14 bits per heavy atom. The number of nitrogen functional groups attached to an aromatic ring is 1. The van der Waals surface area contributed by atoms with Crippen LogP contribution in [0, 0.1) is 0 Å². The summed E-state index contributed by atoms with van der Waals surface area (Å²) in [5, 5.41) is 10.4. The lowest BCUT2D eigenvalue weighted by Gasteiger charge is -1.97. The summed E-state index contributed by atoms with van der Waals surface area (Å²) in [5.41, 5.74) is 5.86. The van der Waals surface area contributed by atoms with E-state index < -0.39 is 5.97 Å². The number of thiol groups is 1. The van der Waals surface area contributed by atoms with Crippen molar-refractivity contribution in [2.45, 2.75) is 4.90 Å². The Balaban J connectivity index is 2.77. The van der Waals surface area contributed by atoms with Crippen LogP contribution < -0.4 is 5.73 Å². The first kappa shape index (κ1) is 9.36. The van der Waals surface area contributed by atoms with Crippen molar-refractivity contribution in [2.24, 2.45) is 0 Å². The standard InChI is InChI=1S/C9H7NO2S2/c10-8-3-5-6(13)1-4(9(11)12)2-7(5)14-8/h1-3,13H,10H2,(H,11,12). The fraction of sp³-hybridized carbons (Fsp3) is 0. The van der Waals surface area contributed by atoms with Crippen LogP contribution in [0.3, 0.4) is 0 Å². The van der Waals surface area contributed by atoms with Crippen molar-refractivity contribution in [2.75, 3.05) is 5.73 Å². The summed E-state index contributed by atoms with van der Waals surface area (Å²) >= 11 is 5.58. The summed E-state index contributed by atoms with van der Waals surface area (Å²) in [6.45, 7) is 0. The van der Waals surface area contributed by atoms with Gasteiger partial charge in [0.05, 0.1) is 10.6 Å². The summed E-state index contributed by atoms with van der Waals surface area (Å²) < 4.78 is 0.854. The second-order valence-corrected chi connectivity index (χ2v) is 4.46. The maximum Gasteiger partial charge on any atom is 0.335 e. The molecular formula is C9H7NO2S2. The van der Waals surface area contributed by atoms with Gasteiger partial charge in [-0.05, 0) is 18.2 Å². The van der Waals surface area contributed by atoms with Crippen LogP contribution in [0.5, 0.6) is 0 Å². The van der Waals surface area contributed by atoms with E-state index >= 15 is 0 Å². The van der Waals surface area contributed by atoms with E-state index in [1.165, 1.54) is 17.4 Å². The van der Waals surface area contributed by atoms with Gasteiger partial charge in [0, 0.05) is 15.0 Å². The molecule has 2 rings (SSSR count). The molecule has 14 heavy (non-hydrogen) atoms. The normalized spacial score (nSPS) is 10.6. The average molecular weight is 225 g/mol. The van der Waals surface area contributed by atoms with Crippen molar-refractivity contribution in [1.29, 1.82) is 0 Å². The molecule has 0 bridgehead atoms. The van der Waals surface area contributed by atoms with E-state index in [1.807, 2.05) is 0 Å². The molecule has 0 atom stereocenters. The number of hydrogen-bond donors (Lipinski definition) is 3. The molecule has 0 aliphatic rings. The van der Waals surface area contributed by atoms with Gasteiger partial charge in [0.15, 0.2) is 0 Å². The minimum atomic E-state index is -0.950. The Bertz CT molecular complexity index is 519. The van der Waals surface area contributed by atoms with Gasteiger partial charge in [-0.3, -0.25) is 0 Å². The van der Waals surface area contributed by atoms with Gasteiger partial charge < -0.3 is 10.8 Å². The molecule has 0 saturated heterocycles. The third-order valence-electron chi connectivity index (χ3n) is 1.88. The first-order chi connectivity index (χ1) is 6.58. The maximum atomic E-state index is 10.7. The fourth-order valence-electron chi connectivity index (χ4n) is 1.26. The molecule has 0 saturated carbocycles. The van der Waals surface area contributed by atoms with E-state index in [0.29, 0.717) is 9.90 Å². The van der Waals surface area contributed by atoms with Crippen molar-refractivity contribution >= 4 is 45.0 Å². The number of anilines is 1. The molecule has 72 valence electrons. The highest BCUT2D eigenvalue weighted by Crippen LogP contribution is 2.32. The van der Waals surface area contributed by atoms with Gasteiger partial charge in [-0.15, -0.1) is 24.0 Å². The SMILES string of the molecule is Nc1cc2c(S)cc(C(=O)O)cc2s1. The first-order valence-corrected chi connectivity index (χ1v) is 5.09. The second kappa shape index (κ2) is 3.18. The first-order valence-electron chi connectivity index (χ1n) is 3.83. The van der Waals surface area contributed by atoms with Crippen molar-refractivity contribution in [3.63, 3.8) is 0 Å². The Hall–Kier alpha value is -1.20. The molecule has 1 aromatic carbocycles. The molecule has 0 aliphatic heterocycles. The Labute approximate surface area is 89.6 Å². The third-order valence-corrected chi connectivity index (χ3v) is 3.16.